The fourth-order valence-corrected chi connectivity index (χ4v) is 8.94. The van der Waals surface area contributed by atoms with Gasteiger partial charge in [0, 0.05) is 0 Å². The summed E-state index contributed by atoms with van der Waals surface area (Å²) in [5.41, 5.74) is 3.60. The number of fused-ring (bicyclic) bond motifs is 5. The maximum absolute atomic E-state index is 2.74. The van der Waals surface area contributed by atoms with Crippen LogP contribution in [0.2, 0.25) is 0 Å². The molecule has 0 aromatic rings. The van der Waals surface area contributed by atoms with Crippen molar-refractivity contribution in [2.45, 2.75) is 112 Å². The lowest BCUT2D eigenvalue weighted by Crippen LogP contribution is -2.58. The van der Waals surface area contributed by atoms with Crippen LogP contribution in [0.25, 0.3) is 0 Å². The SMILES string of the molecule is C/C=C1/CCCC2C3CCC4(C)CC(CCC)CCC4(C)C3CCC12C. The molecule has 148 valence electrons. The Balaban J connectivity index is 1.62. The van der Waals surface area contributed by atoms with Crippen LogP contribution in [0.3, 0.4) is 0 Å². The average molecular weight is 357 g/mol. The van der Waals surface area contributed by atoms with Gasteiger partial charge in [0.05, 0.1) is 0 Å². The molecule has 0 aromatic carbocycles. The summed E-state index contributed by atoms with van der Waals surface area (Å²) in [6, 6.07) is 0. The van der Waals surface area contributed by atoms with E-state index in [1.807, 2.05) is 5.57 Å². The smallest absolute Gasteiger partial charge is 0.00854 e. The molecule has 0 amide bonds. The van der Waals surface area contributed by atoms with Gasteiger partial charge in [-0.3, -0.25) is 0 Å². The molecule has 0 radical (unpaired) electrons. The van der Waals surface area contributed by atoms with Crippen molar-refractivity contribution in [3.8, 4) is 0 Å². The van der Waals surface area contributed by atoms with Gasteiger partial charge < -0.3 is 0 Å². The molecule has 0 spiro atoms. The van der Waals surface area contributed by atoms with Crippen molar-refractivity contribution < 1.29 is 0 Å². The minimum Gasteiger partial charge on any atom is -0.0879 e. The third-order valence-corrected chi connectivity index (χ3v) is 10.6. The molecule has 0 heterocycles. The predicted octanol–water partition coefficient (Wildman–Crippen LogP) is 8.17. The van der Waals surface area contributed by atoms with Gasteiger partial charge in [0.2, 0.25) is 0 Å². The van der Waals surface area contributed by atoms with E-state index >= 15 is 0 Å². The largest absolute Gasteiger partial charge is 0.0879 e. The first-order chi connectivity index (χ1) is 12.4. The second-order valence-electron chi connectivity index (χ2n) is 11.5. The van der Waals surface area contributed by atoms with E-state index in [0.29, 0.717) is 16.2 Å². The molecule has 4 saturated carbocycles. The van der Waals surface area contributed by atoms with E-state index in [9.17, 15) is 0 Å². The summed E-state index contributed by atoms with van der Waals surface area (Å²) >= 11 is 0. The second-order valence-corrected chi connectivity index (χ2v) is 11.5. The van der Waals surface area contributed by atoms with E-state index in [1.54, 1.807) is 0 Å². The summed E-state index contributed by atoms with van der Waals surface area (Å²) in [7, 11) is 0. The molecule has 4 fully saturated rings. The quantitative estimate of drug-likeness (QED) is 0.438. The first kappa shape index (κ1) is 19.1. The molecule has 0 N–H and O–H groups in total. The highest BCUT2D eigenvalue weighted by molar-refractivity contribution is 5.22. The van der Waals surface area contributed by atoms with Gasteiger partial charge in [-0.2, -0.15) is 0 Å². The van der Waals surface area contributed by atoms with Gasteiger partial charge in [0.25, 0.3) is 0 Å². The van der Waals surface area contributed by atoms with Crippen LogP contribution in [-0.2, 0) is 0 Å². The van der Waals surface area contributed by atoms with Crippen molar-refractivity contribution in [3.63, 3.8) is 0 Å². The summed E-state index contributed by atoms with van der Waals surface area (Å²) in [5.74, 6) is 4.03. The number of hydrogen-bond acceptors (Lipinski definition) is 0. The zero-order chi connectivity index (χ0) is 18.6. The Labute approximate surface area is 163 Å². The van der Waals surface area contributed by atoms with Crippen molar-refractivity contribution in [3.05, 3.63) is 11.6 Å². The standard InChI is InChI=1S/C26H44/c1-6-9-19-12-17-26(5)23-14-16-25(4)20(7-2)10-8-11-22(25)21(23)13-15-24(26,3)18-19/h7,19,21-23H,6,8-18H2,1-5H3/b20-7-. The summed E-state index contributed by atoms with van der Waals surface area (Å²) in [6.07, 6.45) is 20.3. The minimum absolute atomic E-state index is 0.539. The molecular formula is C26H44. The van der Waals surface area contributed by atoms with Gasteiger partial charge in [-0.05, 0) is 111 Å². The topological polar surface area (TPSA) is 0 Å². The van der Waals surface area contributed by atoms with E-state index in [-0.39, 0.29) is 0 Å². The predicted molar refractivity (Wildman–Crippen MR) is 113 cm³/mol. The zero-order valence-corrected chi connectivity index (χ0v) is 18.4. The van der Waals surface area contributed by atoms with Crippen molar-refractivity contribution in [1.82, 2.24) is 0 Å². The second kappa shape index (κ2) is 6.66. The van der Waals surface area contributed by atoms with E-state index in [4.69, 9.17) is 0 Å². The summed E-state index contributed by atoms with van der Waals surface area (Å²) in [5, 5.41) is 0. The Morgan fingerprint density at radius 1 is 0.962 bits per heavy atom. The Kier molecular flexibility index (Phi) is 4.89. The molecular weight excluding hydrogens is 312 g/mol. The van der Waals surface area contributed by atoms with Crippen LogP contribution in [0.15, 0.2) is 11.6 Å². The molecule has 0 bridgehead atoms. The third-order valence-electron chi connectivity index (χ3n) is 10.6. The van der Waals surface area contributed by atoms with Crippen LogP contribution < -0.4 is 0 Å². The van der Waals surface area contributed by atoms with E-state index in [2.05, 4.69) is 40.7 Å². The van der Waals surface area contributed by atoms with Crippen LogP contribution in [0.1, 0.15) is 112 Å². The van der Waals surface area contributed by atoms with Gasteiger partial charge in [-0.15, -0.1) is 0 Å². The molecule has 4 rings (SSSR count). The van der Waals surface area contributed by atoms with Gasteiger partial charge in [0.15, 0.2) is 0 Å². The molecule has 4 aliphatic carbocycles. The molecule has 0 nitrogen and oxygen atoms in total. The van der Waals surface area contributed by atoms with Crippen LogP contribution >= 0.6 is 0 Å². The molecule has 7 atom stereocenters. The molecule has 0 aromatic heterocycles. The van der Waals surface area contributed by atoms with Gasteiger partial charge >= 0.3 is 0 Å². The maximum atomic E-state index is 2.74. The highest BCUT2D eigenvalue weighted by Gasteiger charge is 2.61. The molecule has 7 unspecified atom stereocenters. The van der Waals surface area contributed by atoms with Crippen molar-refractivity contribution in [2.24, 2.45) is 39.9 Å². The zero-order valence-electron chi connectivity index (χ0n) is 18.4. The molecule has 26 heavy (non-hydrogen) atoms. The molecule has 0 aliphatic heterocycles. The van der Waals surface area contributed by atoms with Crippen molar-refractivity contribution in [2.75, 3.05) is 0 Å². The third kappa shape index (κ3) is 2.60. The first-order valence-electron chi connectivity index (χ1n) is 12.0. The van der Waals surface area contributed by atoms with Crippen molar-refractivity contribution >= 4 is 0 Å². The highest BCUT2D eigenvalue weighted by Crippen LogP contribution is 2.70. The Bertz CT molecular complexity index is 558. The van der Waals surface area contributed by atoms with E-state index < -0.39 is 0 Å². The fourth-order valence-electron chi connectivity index (χ4n) is 8.94. The average Bonchev–Trinajstić information content (AvgIpc) is 2.61. The number of allylic oxidation sites excluding steroid dienone is 2. The normalized spacial score (nSPS) is 52.9. The molecule has 4 aliphatic rings. The lowest BCUT2D eigenvalue weighted by Gasteiger charge is -2.66. The first-order valence-corrected chi connectivity index (χ1v) is 12.0. The maximum Gasteiger partial charge on any atom is -0.00854 e. The van der Waals surface area contributed by atoms with Gasteiger partial charge in [-0.1, -0.05) is 52.2 Å². The van der Waals surface area contributed by atoms with E-state index in [1.165, 1.54) is 77.0 Å². The van der Waals surface area contributed by atoms with Crippen LogP contribution in [0.4, 0.5) is 0 Å². The molecule has 0 saturated heterocycles. The fraction of sp³-hybridized carbons (Fsp3) is 0.923. The van der Waals surface area contributed by atoms with Gasteiger partial charge in [0.1, 0.15) is 0 Å². The summed E-state index contributed by atoms with van der Waals surface area (Å²) in [6.45, 7) is 12.8. The lowest BCUT2D eigenvalue weighted by atomic mass is 9.38. The van der Waals surface area contributed by atoms with Crippen molar-refractivity contribution in [1.29, 1.82) is 0 Å². The van der Waals surface area contributed by atoms with Crippen LogP contribution in [0, 0.1) is 39.9 Å². The monoisotopic (exact) mass is 356 g/mol. The minimum atomic E-state index is 0.539. The number of hydrogen-bond donors (Lipinski definition) is 0. The number of rotatable bonds is 2. The van der Waals surface area contributed by atoms with E-state index in [0.717, 1.165) is 23.7 Å². The Morgan fingerprint density at radius 3 is 2.50 bits per heavy atom. The Morgan fingerprint density at radius 2 is 1.77 bits per heavy atom. The van der Waals surface area contributed by atoms with Gasteiger partial charge in [-0.25, -0.2) is 0 Å². The van der Waals surface area contributed by atoms with Crippen LogP contribution in [0.5, 0.6) is 0 Å². The summed E-state index contributed by atoms with van der Waals surface area (Å²) < 4.78 is 0. The Hall–Kier alpha value is -0.260. The summed E-state index contributed by atoms with van der Waals surface area (Å²) in [4.78, 5) is 0. The highest BCUT2D eigenvalue weighted by atomic mass is 14.7. The molecule has 0 heteroatoms. The lowest BCUT2D eigenvalue weighted by molar-refractivity contribution is -0.162. The van der Waals surface area contributed by atoms with Crippen LogP contribution in [-0.4, -0.2) is 0 Å².